The molecule has 1 aromatic heterocycles. The van der Waals surface area contributed by atoms with Gasteiger partial charge >= 0.3 is 6.03 Å². The van der Waals surface area contributed by atoms with Crippen molar-refractivity contribution < 1.29 is 9.59 Å². The molecule has 1 saturated heterocycles. The maximum Gasteiger partial charge on any atom is 0.322 e. The predicted molar refractivity (Wildman–Crippen MR) is 48.4 cm³/mol. The summed E-state index contributed by atoms with van der Waals surface area (Å²) in [5, 5.41) is 4.66. The molecule has 5 nitrogen and oxygen atoms in total. The Kier molecular flexibility index (Phi) is 1.92. The summed E-state index contributed by atoms with van der Waals surface area (Å²) >= 11 is 0. The van der Waals surface area contributed by atoms with Gasteiger partial charge in [-0.2, -0.15) is 0 Å². The molecule has 1 aliphatic rings. The number of nitrogens with one attached hydrogen (secondary N) is 2. The third-order valence-corrected chi connectivity index (χ3v) is 2.04. The zero-order valence-corrected chi connectivity index (χ0v) is 7.57. The Morgan fingerprint density at radius 1 is 1.36 bits per heavy atom. The fraction of sp³-hybridized carbons (Fsp3) is 0.222. The Morgan fingerprint density at radius 2 is 2.14 bits per heavy atom. The van der Waals surface area contributed by atoms with Crippen LogP contribution >= 0.6 is 0 Å². The average Bonchev–Trinajstić information content (AvgIpc) is 2.47. The lowest BCUT2D eigenvalue weighted by Gasteiger charge is -2.06. The lowest BCUT2D eigenvalue weighted by Crippen LogP contribution is -2.22. The lowest BCUT2D eigenvalue weighted by molar-refractivity contribution is -0.120. The van der Waals surface area contributed by atoms with Crippen LogP contribution in [0.4, 0.5) is 4.79 Å². The molecular formula is C9H9N3O2. The summed E-state index contributed by atoms with van der Waals surface area (Å²) in [4.78, 5) is 26.1. The van der Waals surface area contributed by atoms with Crippen LogP contribution in [0.15, 0.2) is 18.3 Å². The molecule has 1 aromatic rings. The third-order valence-electron chi connectivity index (χ3n) is 2.04. The topological polar surface area (TPSA) is 71.1 Å². The second-order valence-electron chi connectivity index (χ2n) is 3.13. The zero-order chi connectivity index (χ0) is 10.1. The second kappa shape index (κ2) is 3.10. The summed E-state index contributed by atoms with van der Waals surface area (Å²) < 4.78 is 0. The van der Waals surface area contributed by atoms with E-state index >= 15 is 0 Å². The molecule has 0 radical (unpaired) electrons. The summed E-state index contributed by atoms with van der Waals surface area (Å²) in [5.41, 5.74) is 1.57. The molecule has 0 aromatic carbocycles. The van der Waals surface area contributed by atoms with E-state index in [0.717, 1.165) is 5.69 Å². The molecule has 3 amide bonds. The molecule has 1 unspecified atom stereocenters. The maximum absolute atomic E-state index is 11.2. The monoisotopic (exact) mass is 191 g/mol. The van der Waals surface area contributed by atoms with E-state index in [1.165, 1.54) is 0 Å². The number of hydrogen-bond donors (Lipinski definition) is 2. The summed E-state index contributed by atoms with van der Waals surface area (Å²) in [5.74, 6) is -0.333. The highest BCUT2D eigenvalue weighted by Crippen LogP contribution is 2.15. The van der Waals surface area contributed by atoms with Gasteiger partial charge in [0.1, 0.15) is 6.04 Å². The van der Waals surface area contributed by atoms with Crippen molar-refractivity contribution in [2.24, 2.45) is 0 Å². The van der Waals surface area contributed by atoms with Crippen LogP contribution in [-0.2, 0) is 4.79 Å². The Labute approximate surface area is 80.5 Å². The molecule has 2 N–H and O–H groups in total. The summed E-state index contributed by atoms with van der Waals surface area (Å²) in [6.07, 6.45) is 1.59. The van der Waals surface area contributed by atoms with Crippen molar-refractivity contribution in [1.29, 1.82) is 0 Å². The zero-order valence-electron chi connectivity index (χ0n) is 7.57. The van der Waals surface area contributed by atoms with Gasteiger partial charge < -0.3 is 5.32 Å². The summed E-state index contributed by atoms with van der Waals surface area (Å²) in [7, 11) is 0. The number of carbonyl (C=O) groups is 2. The van der Waals surface area contributed by atoms with Gasteiger partial charge in [-0.25, -0.2) is 4.79 Å². The van der Waals surface area contributed by atoms with Crippen molar-refractivity contribution in [2.45, 2.75) is 13.0 Å². The molecule has 0 bridgehead atoms. The SMILES string of the molecule is Cc1ccc(C2NC(=O)NC2=O)cn1. The maximum atomic E-state index is 11.2. The Balaban J connectivity index is 2.27. The molecule has 1 atom stereocenters. The standard InChI is InChI=1S/C9H9N3O2/c1-5-2-3-6(4-10-5)7-8(13)12-9(14)11-7/h2-4,7H,1H3,(H2,11,12,13,14). The normalized spacial score (nSPS) is 20.5. The molecule has 2 rings (SSSR count). The van der Waals surface area contributed by atoms with E-state index in [-0.39, 0.29) is 5.91 Å². The predicted octanol–water partition coefficient (Wildman–Crippen LogP) is 0.271. The minimum absolute atomic E-state index is 0.333. The van der Waals surface area contributed by atoms with Gasteiger partial charge in [0.05, 0.1) is 0 Å². The number of nitrogens with zero attached hydrogens (tertiary/aromatic N) is 1. The minimum atomic E-state index is -0.601. The van der Waals surface area contributed by atoms with Crippen LogP contribution in [0.2, 0.25) is 0 Å². The molecule has 0 spiro atoms. The molecule has 1 fully saturated rings. The molecule has 2 heterocycles. The molecule has 1 aliphatic heterocycles. The van der Waals surface area contributed by atoms with E-state index in [1.807, 2.05) is 6.92 Å². The Hall–Kier alpha value is -1.91. The number of aryl methyl sites for hydroxylation is 1. The lowest BCUT2D eigenvalue weighted by atomic mass is 10.1. The molecule has 5 heteroatoms. The van der Waals surface area contributed by atoms with E-state index in [9.17, 15) is 9.59 Å². The molecule has 14 heavy (non-hydrogen) atoms. The average molecular weight is 191 g/mol. The van der Waals surface area contributed by atoms with Gasteiger partial charge in [-0.1, -0.05) is 6.07 Å². The molecule has 0 aliphatic carbocycles. The number of rotatable bonds is 1. The van der Waals surface area contributed by atoms with Crippen LogP contribution < -0.4 is 10.6 Å². The second-order valence-corrected chi connectivity index (χ2v) is 3.13. The van der Waals surface area contributed by atoms with E-state index < -0.39 is 12.1 Å². The van der Waals surface area contributed by atoms with Gasteiger partial charge in [-0.3, -0.25) is 15.1 Å². The number of pyridine rings is 1. The van der Waals surface area contributed by atoms with E-state index in [1.54, 1.807) is 18.3 Å². The first kappa shape index (κ1) is 8.68. The van der Waals surface area contributed by atoms with Crippen molar-refractivity contribution in [2.75, 3.05) is 0 Å². The molecular weight excluding hydrogens is 182 g/mol. The van der Waals surface area contributed by atoms with Crippen LogP contribution in [-0.4, -0.2) is 16.9 Å². The van der Waals surface area contributed by atoms with E-state index in [4.69, 9.17) is 0 Å². The molecule has 72 valence electrons. The van der Waals surface area contributed by atoms with Crippen LogP contribution in [0.25, 0.3) is 0 Å². The highest BCUT2D eigenvalue weighted by atomic mass is 16.2. The highest BCUT2D eigenvalue weighted by Gasteiger charge is 2.30. The van der Waals surface area contributed by atoms with Crippen molar-refractivity contribution in [1.82, 2.24) is 15.6 Å². The first-order valence-corrected chi connectivity index (χ1v) is 4.21. The largest absolute Gasteiger partial charge is 0.322 e. The van der Waals surface area contributed by atoms with E-state index in [0.29, 0.717) is 5.56 Å². The molecule has 0 saturated carbocycles. The van der Waals surface area contributed by atoms with Gasteiger partial charge in [0, 0.05) is 17.5 Å². The van der Waals surface area contributed by atoms with Gasteiger partial charge in [0.25, 0.3) is 5.91 Å². The van der Waals surface area contributed by atoms with E-state index in [2.05, 4.69) is 15.6 Å². The fourth-order valence-corrected chi connectivity index (χ4v) is 1.30. The van der Waals surface area contributed by atoms with Crippen molar-refractivity contribution in [3.8, 4) is 0 Å². The van der Waals surface area contributed by atoms with Gasteiger partial charge in [0.2, 0.25) is 0 Å². The Bertz CT molecular complexity index is 386. The number of amides is 3. The quantitative estimate of drug-likeness (QED) is 0.626. The smallest absolute Gasteiger partial charge is 0.322 e. The minimum Gasteiger partial charge on any atom is -0.322 e. The summed E-state index contributed by atoms with van der Waals surface area (Å²) in [6.45, 7) is 1.86. The number of aromatic nitrogens is 1. The summed E-state index contributed by atoms with van der Waals surface area (Å²) in [6, 6.07) is 2.52. The van der Waals surface area contributed by atoms with Crippen molar-refractivity contribution in [3.63, 3.8) is 0 Å². The first-order chi connectivity index (χ1) is 6.66. The van der Waals surface area contributed by atoms with Crippen LogP contribution in [0.1, 0.15) is 17.3 Å². The van der Waals surface area contributed by atoms with Crippen molar-refractivity contribution in [3.05, 3.63) is 29.6 Å². The van der Waals surface area contributed by atoms with Crippen LogP contribution in [0.5, 0.6) is 0 Å². The van der Waals surface area contributed by atoms with Gasteiger partial charge in [-0.15, -0.1) is 0 Å². The Morgan fingerprint density at radius 3 is 2.64 bits per heavy atom. The highest BCUT2D eigenvalue weighted by molar-refractivity contribution is 6.04. The number of imide groups is 1. The van der Waals surface area contributed by atoms with Crippen LogP contribution in [0.3, 0.4) is 0 Å². The fourth-order valence-electron chi connectivity index (χ4n) is 1.30. The van der Waals surface area contributed by atoms with Gasteiger partial charge in [-0.05, 0) is 13.0 Å². The number of hydrogen-bond acceptors (Lipinski definition) is 3. The number of carbonyl (C=O) groups excluding carboxylic acids is 2. The van der Waals surface area contributed by atoms with Gasteiger partial charge in [0.15, 0.2) is 0 Å². The van der Waals surface area contributed by atoms with Crippen molar-refractivity contribution >= 4 is 11.9 Å². The first-order valence-electron chi connectivity index (χ1n) is 4.21. The van der Waals surface area contributed by atoms with Crippen LogP contribution in [0, 0.1) is 6.92 Å². The third kappa shape index (κ3) is 1.44. The number of urea groups is 1.